The Bertz CT molecular complexity index is 811. The molecule has 2 N–H and O–H groups in total. The highest BCUT2D eigenvalue weighted by Crippen LogP contribution is 2.22. The number of hydrogen-bond donors (Lipinski definition) is 2. The third-order valence-electron chi connectivity index (χ3n) is 2.45. The van der Waals surface area contributed by atoms with Crippen LogP contribution in [0.25, 0.3) is 0 Å². The molecule has 0 fully saturated rings. The predicted molar refractivity (Wildman–Crippen MR) is 76.1 cm³/mol. The third-order valence-corrected chi connectivity index (χ3v) is 4.32. The molecule has 0 amide bonds. The Morgan fingerprint density at radius 1 is 1.33 bits per heavy atom. The van der Waals surface area contributed by atoms with Crippen molar-refractivity contribution < 1.29 is 22.7 Å². The highest BCUT2D eigenvalue weighted by Gasteiger charge is 2.22. The number of sulfonamides is 1. The van der Waals surface area contributed by atoms with E-state index < -0.39 is 26.7 Å². The summed E-state index contributed by atoms with van der Waals surface area (Å²) in [7, 11) is -4.29. The summed E-state index contributed by atoms with van der Waals surface area (Å²) < 4.78 is 40.3. The second-order valence-electron chi connectivity index (χ2n) is 3.88. The van der Waals surface area contributed by atoms with Gasteiger partial charge in [0.15, 0.2) is 5.82 Å². The molecule has 1 aromatic carbocycles. The molecule has 0 aliphatic carbocycles. The molecule has 0 radical (unpaired) electrons. The number of halogens is 2. The Kier molecular flexibility index (Phi) is 4.24. The largest absolute Gasteiger partial charge is 0.478 e. The van der Waals surface area contributed by atoms with E-state index in [0.717, 1.165) is 12.1 Å². The number of rotatable bonds is 4. The summed E-state index contributed by atoms with van der Waals surface area (Å²) in [6.07, 6.45) is 1.22. The Hall–Kier alpha value is -2.00. The lowest BCUT2D eigenvalue weighted by Gasteiger charge is -2.10. The van der Waals surface area contributed by atoms with Crippen LogP contribution in [0.15, 0.2) is 45.9 Å². The molecule has 0 unspecified atom stereocenters. The first-order valence-corrected chi connectivity index (χ1v) is 7.75. The van der Waals surface area contributed by atoms with Crippen LogP contribution in [0.2, 0.25) is 0 Å². The van der Waals surface area contributed by atoms with Gasteiger partial charge in [0.2, 0.25) is 0 Å². The molecule has 21 heavy (non-hydrogen) atoms. The van der Waals surface area contributed by atoms with Gasteiger partial charge in [0, 0.05) is 10.7 Å². The maximum Gasteiger partial charge on any atom is 0.339 e. The number of pyridine rings is 1. The van der Waals surface area contributed by atoms with Gasteiger partial charge in [-0.25, -0.2) is 22.6 Å². The van der Waals surface area contributed by atoms with Gasteiger partial charge in [0.25, 0.3) is 10.0 Å². The highest BCUT2D eigenvalue weighted by molar-refractivity contribution is 9.10. The van der Waals surface area contributed by atoms with Crippen molar-refractivity contribution in [3.05, 3.63) is 52.4 Å². The second-order valence-corrected chi connectivity index (χ2v) is 6.45. The molecular weight excluding hydrogens is 367 g/mol. The molecule has 0 aliphatic rings. The lowest BCUT2D eigenvalue weighted by Crippen LogP contribution is -2.17. The number of carbonyl (C=O) groups is 1. The Balaban J connectivity index is 2.45. The van der Waals surface area contributed by atoms with E-state index in [1.54, 1.807) is 0 Å². The lowest BCUT2D eigenvalue weighted by atomic mass is 10.3. The minimum Gasteiger partial charge on any atom is -0.478 e. The number of carboxylic acid groups (broad SMARTS) is 1. The van der Waals surface area contributed by atoms with E-state index in [0.29, 0.717) is 4.47 Å². The summed E-state index contributed by atoms with van der Waals surface area (Å²) in [4.78, 5) is 14.1. The molecule has 110 valence electrons. The minimum absolute atomic E-state index is 0.335. The average molecular weight is 375 g/mol. The fraction of sp³-hybridized carbons (Fsp3) is 0. The molecule has 1 heterocycles. The van der Waals surface area contributed by atoms with Crippen molar-refractivity contribution in [3.63, 3.8) is 0 Å². The maximum absolute atomic E-state index is 13.7. The second kappa shape index (κ2) is 5.78. The van der Waals surface area contributed by atoms with Gasteiger partial charge in [-0.15, -0.1) is 0 Å². The predicted octanol–water partition coefficient (Wildman–Crippen LogP) is 2.48. The molecule has 2 aromatic rings. The third kappa shape index (κ3) is 3.37. The number of aromatic carboxylic acids is 1. The van der Waals surface area contributed by atoms with Gasteiger partial charge in [-0.1, -0.05) is 15.9 Å². The number of nitrogens with one attached hydrogen (secondary N) is 1. The van der Waals surface area contributed by atoms with Crippen molar-refractivity contribution in [1.82, 2.24) is 4.98 Å². The number of anilines is 1. The van der Waals surface area contributed by atoms with Crippen LogP contribution < -0.4 is 4.72 Å². The topological polar surface area (TPSA) is 96.4 Å². The molecule has 1 aromatic heterocycles. The number of nitrogens with zero attached hydrogens (tertiary/aromatic N) is 1. The van der Waals surface area contributed by atoms with E-state index in [1.165, 1.54) is 24.4 Å². The summed E-state index contributed by atoms with van der Waals surface area (Å²) in [6, 6.07) is 5.94. The summed E-state index contributed by atoms with van der Waals surface area (Å²) >= 11 is 3.02. The van der Waals surface area contributed by atoms with Crippen LogP contribution in [-0.4, -0.2) is 24.5 Å². The van der Waals surface area contributed by atoms with E-state index in [1.807, 2.05) is 4.72 Å². The average Bonchev–Trinajstić information content (AvgIpc) is 2.37. The highest BCUT2D eigenvalue weighted by atomic mass is 79.9. The fourth-order valence-corrected chi connectivity index (χ4v) is 2.96. The lowest BCUT2D eigenvalue weighted by molar-refractivity contribution is 0.0697. The molecule has 0 saturated carbocycles. The number of benzene rings is 1. The van der Waals surface area contributed by atoms with Gasteiger partial charge in [0.05, 0.1) is 0 Å². The van der Waals surface area contributed by atoms with Crippen molar-refractivity contribution >= 4 is 37.7 Å². The monoisotopic (exact) mass is 374 g/mol. The molecule has 0 aliphatic heterocycles. The fourth-order valence-electron chi connectivity index (χ4n) is 1.53. The quantitative estimate of drug-likeness (QED) is 0.856. The summed E-state index contributed by atoms with van der Waals surface area (Å²) in [5.74, 6) is -2.70. The first kappa shape index (κ1) is 15.4. The van der Waals surface area contributed by atoms with Crippen LogP contribution in [0.4, 0.5) is 10.2 Å². The van der Waals surface area contributed by atoms with Gasteiger partial charge >= 0.3 is 5.97 Å². The van der Waals surface area contributed by atoms with E-state index in [4.69, 9.17) is 5.11 Å². The summed E-state index contributed by atoms with van der Waals surface area (Å²) in [5.41, 5.74) is -0.335. The van der Waals surface area contributed by atoms with Gasteiger partial charge in [-0.2, -0.15) is 0 Å². The molecule has 9 heteroatoms. The van der Waals surface area contributed by atoms with Crippen molar-refractivity contribution in [2.45, 2.75) is 4.90 Å². The van der Waals surface area contributed by atoms with Crippen molar-refractivity contribution in [2.75, 3.05) is 4.72 Å². The van der Waals surface area contributed by atoms with Crippen LogP contribution in [-0.2, 0) is 10.0 Å². The smallest absolute Gasteiger partial charge is 0.339 e. The normalized spacial score (nSPS) is 11.1. The van der Waals surface area contributed by atoms with E-state index in [2.05, 4.69) is 20.9 Å². The van der Waals surface area contributed by atoms with E-state index >= 15 is 0 Å². The molecule has 2 rings (SSSR count). The molecule has 0 atom stereocenters. The summed E-state index contributed by atoms with van der Waals surface area (Å²) in [5, 5.41) is 8.97. The molecule has 0 saturated heterocycles. The standard InChI is InChI=1S/C12H8BrFN2O4S/c13-7-3-4-10(9(14)6-7)21(19,20)16-11-8(12(17)18)2-1-5-15-11/h1-6H,(H,15,16)(H,17,18). The van der Waals surface area contributed by atoms with Crippen LogP contribution >= 0.6 is 15.9 Å². The van der Waals surface area contributed by atoms with Crippen LogP contribution in [0.5, 0.6) is 0 Å². The van der Waals surface area contributed by atoms with E-state index in [-0.39, 0.29) is 11.4 Å². The number of carboxylic acids is 1. The van der Waals surface area contributed by atoms with Gasteiger partial charge in [0.1, 0.15) is 16.3 Å². The van der Waals surface area contributed by atoms with Gasteiger partial charge < -0.3 is 5.11 Å². The molecule has 0 bridgehead atoms. The van der Waals surface area contributed by atoms with Crippen molar-refractivity contribution in [1.29, 1.82) is 0 Å². The first-order chi connectivity index (χ1) is 9.81. The van der Waals surface area contributed by atoms with Crippen molar-refractivity contribution in [2.24, 2.45) is 0 Å². The van der Waals surface area contributed by atoms with Crippen LogP contribution in [0.1, 0.15) is 10.4 Å². The maximum atomic E-state index is 13.7. The van der Waals surface area contributed by atoms with E-state index in [9.17, 15) is 17.6 Å². The first-order valence-electron chi connectivity index (χ1n) is 5.47. The molecule has 6 nitrogen and oxygen atoms in total. The zero-order valence-corrected chi connectivity index (χ0v) is 12.6. The Morgan fingerprint density at radius 3 is 2.67 bits per heavy atom. The summed E-state index contributed by atoms with van der Waals surface area (Å²) in [6.45, 7) is 0. The van der Waals surface area contributed by atoms with Gasteiger partial charge in [-0.3, -0.25) is 4.72 Å². The Labute approximate surface area is 127 Å². The number of aromatic nitrogens is 1. The van der Waals surface area contributed by atoms with Crippen LogP contribution in [0, 0.1) is 5.82 Å². The van der Waals surface area contributed by atoms with Crippen molar-refractivity contribution in [3.8, 4) is 0 Å². The van der Waals surface area contributed by atoms with Crippen LogP contribution in [0.3, 0.4) is 0 Å². The van der Waals surface area contributed by atoms with Gasteiger partial charge in [-0.05, 0) is 30.3 Å². The Morgan fingerprint density at radius 2 is 2.05 bits per heavy atom. The molecule has 0 spiro atoms. The number of hydrogen-bond acceptors (Lipinski definition) is 4. The minimum atomic E-state index is -4.29. The zero-order chi connectivity index (χ0) is 15.6. The zero-order valence-electron chi connectivity index (χ0n) is 10.2. The molecular formula is C12H8BrFN2O4S. The SMILES string of the molecule is O=C(O)c1cccnc1NS(=O)(=O)c1ccc(Br)cc1F.